The zero-order valence-corrected chi connectivity index (χ0v) is 10.5. The summed E-state index contributed by atoms with van der Waals surface area (Å²) in [6, 6.07) is 0. The molecule has 1 rings (SSSR count). The first kappa shape index (κ1) is 12.2. The van der Waals surface area contributed by atoms with Gasteiger partial charge in [-0.25, -0.2) is 5.84 Å². The van der Waals surface area contributed by atoms with Crippen LogP contribution in [0.3, 0.4) is 0 Å². The molecular formula is C9H15BrN4O. The van der Waals surface area contributed by atoms with Gasteiger partial charge < -0.3 is 0 Å². The third-order valence-corrected chi connectivity index (χ3v) is 3.38. The molecule has 1 aromatic heterocycles. The first-order valence-electron chi connectivity index (χ1n) is 4.75. The molecule has 1 aromatic rings. The molecule has 1 heterocycles. The van der Waals surface area contributed by atoms with E-state index >= 15 is 0 Å². The summed E-state index contributed by atoms with van der Waals surface area (Å²) in [5.74, 6) is 4.84. The number of hydrazine groups is 1. The maximum atomic E-state index is 10.9. The Bertz CT molecular complexity index is 361. The van der Waals surface area contributed by atoms with Crippen molar-refractivity contribution in [2.45, 2.75) is 33.2 Å². The third-order valence-electron chi connectivity index (χ3n) is 2.23. The standard InChI is InChI=1S/C9H15BrN4O/c1-6-9(10)7(2)14(13-6)5-3-4-8(15)12-11/h3-5,11H2,1-2H3,(H,12,15). The van der Waals surface area contributed by atoms with Crippen molar-refractivity contribution in [1.82, 2.24) is 15.2 Å². The Hall–Kier alpha value is -0.880. The van der Waals surface area contributed by atoms with E-state index in [0.717, 1.165) is 28.8 Å². The van der Waals surface area contributed by atoms with Gasteiger partial charge in [0, 0.05) is 18.7 Å². The number of nitrogens with one attached hydrogen (secondary N) is 1. The van der Waals surface area contributed by atoms with Crippen molar-refractivity contribution in [2.75, 3.05) is 0 Å². The molecule has 0 saturated heterocycles. The second kappa shape index (κ2) is 5.27. The van der Waals surface area contributed by atoms with Gasteiger partial charge in [-0.05, 0) is 36.2 Å². The van der Waals surface area contributed by atoms with E-state index in [0.29, 0.717) is 6.42 Å². The van der Waals surface area contributed by atoms with Gasteiger partial charge in [0.05, 0.1) is 10.2 Å². The summed E-state index contributed by atoms with van der Waals surface area (Å²) in [4.78, 5) is 10.9. The monoisotopic (exact) mass is 274 g/mol. The fourth-order valence-electron chi connectivity index (χ4n) is 1.35. The van der Waals surface area contributed by atoms with Crippen LogP contribution < -0.4 is 11.3 Å². The Morgan fingerprint density at radius 2 is 2.27 bits per heavy atom. The van der Waals surface area contributed by atoms with Gasteiger partial charge >= 0.3 is 0 Å². The van der Waals surface area contributed by atoms with Crippen LogP contribution in [0.1, 0.15) is 24.2 Å². The molecule has 0 aliphatic rings. The van der Waals surface area contributed by atoms with Gasteiger partial charge in [0.15, 0.2) is 0 Å². The van der Waals surface area contributed by atoms with Crippen molar-refractivity contribution in [1.29, 1.82) is 0 Å². The summed E-state index contributed by atoms with van der Waals surface area (Å²) >= 11 is 3.45. The van der Waals surface area contributed by atoms with Crippen LogP contribution in [0.4, 0.5) is 0 Å². The van der Waals surface area contributed by atoms with E-state index in [2.05, 4.69) is 26.5 Å². The number of halogens is 1. The number of carbonyl (C=O) groups is 1. The number of hydrogen-bond donors (Lipinski definition) is 2. The van der Waals surface area contributed by atoms with E-state index in [-0.39, 0.29) is 5.91 Å². The van der Waals surface area contributed by atoms with E-state index in [1.54, 1.807) is 0 Å². The summed E-state index contributed by atoms with van der Waals surface area (Å²) in [6.45, 7) is 4.67. The minimum atomic E-state index is -0.143. The lowest BCUT2D eigenvalue weighted by Crippen LogP contribution is -2.29. The van der Waals surface area contributed by atoms with E-state index in [9.17, 15) is 4.79 Å². The van der Waals surface area contributed by atoms with Crippen LogP contribution in [-0.4, -0.2) is 15.7 Å². The van der Waals surface area contributed by atoms with Crippen LogP contribution in [0.5, 0.6) is 0 Å². The fraction of sp³-hybridized carbons (Fsp3) is 0.556. The summed E-state index contributed by atoms with van der Waals surface area (Å²) < 4.78 is 2.93. The highest BCUT2D eigenvalue weighted by Gasteiger charge is 2.08. The zero-order valence-electron chi connectivity index (χ0n) is 8.88. The Morgan fingerprint density at radius 1 is 1.60 bits per heavy atom. The van der Waals surface area contributed by atoms with Gasteiger partial charge in [0.2, 0.25) is 5.91 Å². The second-order valence-corrected chi connectivity index (χ2v) is 4.17. The molecule has 0 saturated carbocycles. The van der Waals surface area contributed by atoms with Crippen molar-refractivity contribution in [3.63, 3.8) is 0 Å². The van der Waals surface area contributed by atoms with Crippen LogP contribution in [-0.2, 0) is 11.3 Å². The first-order valence-corrected chi connectivity index (χ1v) is 5.54. The molecule has 5 nitrogen and oxygen atoms in total. The van der Waals surface area contributed by atoms with Crippen molar-refractivity contribution < 1.29 is 4.79 Å². The van der Waals surface area contributed by atoms with E-state index in [4.69, 9.17) is 5.84 Å². The number of nitrogens with two attached hydrogens (primary N) is 1. The molecule has 3 N–H and O–H groups in total. The number of aromatic nitrogens is 2. The molecule has 0 radical (unpaired) electrons. The molecule has 0 unspecified atom stereocenters. The van der Waals surface area contributed by atoms with Gasteiger partial charge in [0.1, 0.15) is 0 Å². The lowest BCUT2D eigenvalue weighted by Gasteiger charge is -2.03. The lowest BCUT2D eigenvalue weighted by atomic mass is 10.3. The minimum absolute atomic E-state index is 0.143. The van der Waals surface area contributed by atoms with E-state index in [1.807, 2.05) is 18.5 Å². The Balaban J connectivity index is 2.51. The Labute approximate surface area is 97.1 Å². The molecular weight excluding hydrogens is 260 g/mol. The average Bonchev–Trinajstić information content (AvgIpc) is 2.46. The largest absolute Gasteiger partial charge is 0.294 e. The van der Waals surface area contributed by atoms with Crippen LogP contribution >= 0.6 is 15.9 Å². The third kappa shape index (κ3) is 3.04. The predicted molar refractivity (Wildman–Crippen MR) is 61.0 cm³/mol. The highest BCUT2D eigenvalue weighted by Crippen LogP contribution is 2.19. The van der Waals surface area contributed by atoms with Gasteiger partial charge in [-0.1, -0.05) is 0 Å². The van der Waals surface area contributed by atoms with E-state index < -0.39 is 0 Å². The van der Waals surface area contributed by atoms with E-state index in [1.165, 1.54) is 0 Å². The number of carbonyl (C=O) groups excluding carboxylic acids is 1. The fourth-order valence-corrected chi connectivity index (χ4v) is 1.64. The second-order valence-electron chi connectivity index (χ2n) is 3.38. The number of nitrogens with zero attached hydrogens (tertiary/aromatic N) is 2. The first-order chi connectivity index (χ1) is 7.06. The molecule has 0 spiro atoms. The van der Waals surface area contributed by atoms with Crippen molar-refractivity contribution in [2.24, 2.45) is 5.84 Å². The molecule has 0 aliphatic heterocycles. The highest BCUT2D eigenvalue weighted by atomic mass is 79.9. The summed E-state index contributed by atoms with van der Waals surface area (Å²) in [5, 5.41) is 4.34. The SMILES string of the molecule is Cc1nn(CCCC(=O)NN)c(C)c1Br. The van der Waals surface area contributed by atoms with Gasteiger partial charge in [0.25, 0.3) is 0 Å². The summed E-state index contributed by atoms with van der Waals surface area (Å²) in [7, 11) is 0. The van der Waals surface area contributed by atoms with Crippen molar-refractivity contribution in [3.8, 4) is 0 Å². The molecule has 15 heavy (non-hydrogen) atoms. The smallest absolute Gasteiger partial charge is 0.233 e. The molecule has 0 bridgehead atoms. The van der Waals surface area contributed by atoms with Crippen molar-refractivity contribution in [3.05, 3.63) is 15.9 Å². The number of rotatable bonds is 4. The average molecular weight is 275 g/mol. The molecule has 0 fully saturated rings. The maximum absolute atomic E-state index is 10.9. The van der Waals surface area contributed by atoms with Gasteiger partial charge in [-0.15, -0.1) is 0 Å². The number of amides is 1. The molecule has 1 amide bonds. The lowest BCUT2D eigenvalue weighted by molar-refractivity contribution is -0.121. The molecule has 0 aliphatic carbocycles. The zero-order chi connectivity index (χ0) is 11.4. The van der Waals surface area contributed by atoms with Gasteiger partial charge in [-0.3, -0.25) is 14.9 Å². The van der Waals surface area contributed by atoms with Crippen LogP contribution in [0.25, 0.3) is 0 Å². The van der Waals surface area contributed by atoms with Crippen LogP contribution in [0.2, 0.25) is 0 Å². The maximum Gasteiger partial charge on any atom is 0.233 e. The normalized spacial score (nSPS) is 10.4. The Kier molecular flexibility index (Phi) is 4.28. The highest BCUT2D eigenvalue weighted by molar-refractivity contribution is 9.10. The Morgan fingerprint density at radius 3 is 2.73 bits per heavy atom. The summed E-state index contributed by atoms with van der Waals surface area (Å²) in [5.41, 5.74) is 4.16. The molecule has 0 atom stereocenters. The minimum Gasteiger partial charge on any atom is -0.294 e. The number of aryl methyl sites for hydroxylation is 2. The topological polar surface area (TPSA) is 72.9 Å². The molecule has 6 heteroatoms. The van der Waals surface area contributed by atoms with Crippen molar-refractivity contribution >= 4 is 21.8 Å². The van der Waals surface area contributed by atoms with Gasteiger partial charge in [-0.2, -0.15) is 5.10 Å². The molecule has 0 aromatic carbocycles. The van der Waals surface area contributed by atoms with Crippen LogP contribution in [0, 0.1) is 13.8 Å². The number of hydrogen-bond acceptors (Lipinski definition) is 3. The summed E-state index contributed by atoms with van der Waals surface area (Å²) in [6.07, 6.45) is 1.16. The molecule has 84 valence electrons. The van der Waals surface area contributed by atoms with Crippen LogP contribution in [0.15, 0.2) is 4.47 Å². The predicted octanol–water partition coefficient (Wildman–Crippen LogP) is 1.03. The quantitative estimate of drug-likeness (QED) is 0.490.